The summed E-state index contributed by atoms with van der Waals surface area (Å²) in [5.41, 5.74) is 1.54. The van der Waals surface area contributed by atoms with Gasteiger partial charge in [-0.1, -0.05) is 12.1 Å². The summed E-state index contributed by atoms with van der Waals surface area (Å²) in [7, 11) is -3.80. The molecule has 0 aliphatic rings. The summed E-state index contributed by atoms with van der Waals surface area (Å²) in [6.45, 7) is 3.96. The molecule has 0 amide bonds. The Balaban J connectivity index is 1.50. The van der Waals surface area contributed by atoms with Gasteiger partial charge in [-0.25, -0.2) is 22.5 Å². The number of hydrogen-bond donors (Lipinski definition) is 3. The van der Waals surface area contributed by atoms with Gasteiger partial charge in [0.25, 0.3) is 0 Å². The summed E-state index contributed by atoms with van der Waals surface area (Å²) in [5.74, 6) is 1.09. The summed E-state index contributed by atoms with van der Waals surface area (Å²) in [6.07, 6.45) is 1.75. The molecule has 3 aromatic rings. The lowest BCUT2D eigenvalue weighted by atomic mass is 10.2. The van der Waals surface area contributed by atoms with Gasteiger partial charge >= 0.3 is 0 Å². The van der Waals surface area contributed by atoms with E-state index in [1.807, 2.05) is 19.1 Å². The van der Waals surface area contributed by atoms with Crippen LogP contribution in [-0.2, 0) is 10.0 Å². The highest BCUT2D eigenvalue weighted by Gasteiger charge is 2.16. The number of aryl methyl sites for hydroxylation is 2. The van der Waals surface area contributed by atoms with Crippen molar-refractivity contribution in [3.63, 3.8) is 0 Å². The lowest BCUT2D eigenvalue weighted by Gasteiger charge is -2.10. The molecule has 152 valence electrons. The van der Waals surface area contributed by atoms with Crippen molar-refractivity contribution in [1.29, 1.82) is 0 Å². The molecule has 3 rings (SSSR count). The zero-order valence-corrected chi connectivity index (χ0v) is 16.8. The van der Waals surface area contributed by atoms with Gasteiger partial charge in [-0.2, -0.15) is 0 Å². The first kappa shape index (κ1) is 20.6. The first-order valence-corrected chi connectivity index (χ1v) is 10.3. The molecule has 0 radical (unpaired) electrons. The topological polar surface area (TPSA) is 109 Å². The molecule has 29 heavy (non-hydrogen) atoms. The highest BCUT2D eigenvalue weighted by atomic mass is 32.2. The molecular formula is C19H21FN6O2S. The summed E-state index contributed by atoms with van der Waals surface area (Å²) in [4.78, 5) is 4.16. The number of halogens is 1. The van der Waals surface area contributed by atoms with Gasteiger partial charge in [-0.05, 0) is 55.3 Å². The third kappa shape index (κ3) is 5.69. The van der Waals surface area contributed by atoms with E-state index in [4.69, 9.17) is 0 Å². The number of anilines is 3. The molecule has 2 heterocycles. The Labute approximate surface area is 168 Å². The number of nitrogens with zero attached hydrogens (tertiary/aromatic N) is 3. The van der Waals surface area contributed by atoms with E-state index in [1.165, 1.54) is 12.1 Å². The fourth-order valence-corrected chi connectivity index (χ4v) is 3.77. The van der Waals surface area contributed by atoms with E-state index in [1.54, 1.807) is 25.3 Å². The van der Waals surface area contributed by atoms with E-state index in [2.05, 4.69) is 30.5 Å². The van der Waals surface area contributed by atoms with Gasteiger partial charge in [0.05, 0.1) is 4.90 Å². The number of pyridine rings is 1. The highest BCUT2D eigenvalue weighted by Crippen LogP contribution is 2.16. The van der Waals surface area contributed by atoms with Gasteiger partial charge in [0.1, 0.15) is 17.5 Å². The van der Waals surface area contributed by atoms with Crippen molar-refractivity contribution in [2.45, 2.75) is 18.7 Å². The molecule has 1 aromatic carbocycles. The number of benzene rings is 1. The summed E-state index contributed by atoms with van der Waals surface area (Å²) < 4.78 is 40.4. The summed E-state index contributed by atoms with van der Waals surface area (Å²) in [6, 6.07) is 10.9. The second-order valence-corrected chi connectivity index (χ2v) is 8.12. The first-order chi connectivity index (χ1) is 13.8. The second-order valence-electron chi connectivity index (χ2n) is 6.38. The van der Waals surface area contributed by atoms with Gasteiger partial charge < -0.3 is 10.6 Å². The monoisotopic (exact) mass is 416 g/mol. The molecule has 0 bridgehead atoms. The van der Waals surface area contributed by atoms with Crippen LogP contribution in [0, 0.1) is 19.7 Å². The highest BCUT2D eigenvalue weighted by molar-refractivity contribution is 7.89. The van der Waals surface area contributed by atoms with Crippen LogP contribution in [-0.4, -0.2) is 36.7 Å². The molecule has 2 aromatic heterocycles. The SMILES string of the molecule is Cc1ccc(Nc2ccc(NCCNS(=O)(=O)c3cc(F)ccc3C)nn2)nc1. The summed E-state index contributed by atoms with van der Waals surface area (Å²) >= 11 is 0. The molecule has 8 nitrogen and oxygen atoms in total. The van der Waals surface area contributed by atoms with E-state index >= 15 is 0 Å². The Morgan fingerprint density at radius 2 is 1.66 bits per heavy atom. The molecular weight excluding hydrogens is 395 g/mol. The van der Waals surface area contributed by atoms with Crippen LogP contribution in [0.2, 0.25) is 0 Å². The van der Waals surface area contributed by atoms with Gasteiger partial charge in [0, 0.05) is 19.3 Å². The molecule has 0 fully saturated rings. The zero-order valence-electron chi connectivity index (χ0n) is 16.0. The Hall–Kier alpha value is -3.11. The molecule has 0 aliphatic carbocycles. The second kappa shape index (κ2) is 8.93. The van der Waals surface area contributed by atoms with Gasteiger partial charge in [-0.15, -0.1) is 10.2 Å². The number of rotatable bonds is 8. The number of hydrogen-bond acceptors (Lipinski definition) is 7. The van der Waals surface area contributed by atoms with Crippen molar-refractivity contribution in [3.8, 4) is 0 Å². The maximum Gasteiger partial charge on any atom is 0.240 e. The minimum Gasteiger partial charge on any atom is -0.367 e. The molecule has 3 N–H and O–H groups in total. The van der Waals surface area contributed by atoms with Crippen LogP contribution in [0.25, 0.3) is 0 Å². The summed E-state index contributed by atoms with van der Waals surface area (Å²) in [5, 5.41) is 14.1. The van der Waals surface area contributed by atoms with Crippen molar-refractivity contribution in [2.75, 3.05) is 23.7 Å². The van der Waals surface area contributed by atoms with Crippen LogP contribution in [0.15, 0.2) is 53.6 Å². The Bertz CT molecular complexity index is 1070. The van der Waals surface area contributed by atoms with Gasteiger partial charge in [-0.3, -0.25) is 0 Å². The predicted molar refractivity (Wildman–Crippen MR) is 109 cm³/mol. The van der Waals surface area contributed by atoms with E-state index in [0.717, 1.165) is 11.6 Å². The molecule has 0 spiro atoms. The number of nitrogens with one attached hydrogen (secondary N) is 3. The first-order valence-electron chi connectivity index (χ1n) is 8.86. The molecule has 0 unspecified atom stereocenters. The van der Waals surface area contributed by atoms with Crippen molar-refractivity contribution in [2.24, 2.45) is 0 Å². The van der Waals surface area contributed by atoms with Gasteiger partial charge in [0.15, 0.2) is 5.82 Å². The fraction of sp³-hybridized carbons (Fsp3) is 0.211. The maximum absolute atomic E-state index is 13.3. The minimum absolute atomic E-state index is 0.0718. The van der Waals surface area contributed by atoms with Crippen molar-refractivity contribution >= 4 is 27.5 Å². The third-order valence-electron chi connectivity index (χ3n) is 3.99. The third-order valence-corrected chi connectivity index (χ3v) is 5.60. The van der Waals surface area contributed by atoms with Crippen molar-refractivity contribution < 1.29 is 12.8 Å². The van der Waals surface area contributed by atoms with E-state index in [0.29, 0.717) is 23.0 Å². The van der Waals surface area contributed by atoms with E-state index in [9.17, 15) is 12.8 Å². The number of aromatic nitrogens is 3. The van der Waals surface area contributed by atoms with Crippen LogP contribution in [0.4, 0.5) is 21.8 Å². The standard InChI is InChI=1S/C19H21FN6O2S/c1-13-3-6-17(22-12-13)24-19-8-7-18(25-26-19)21-9-10-23-29(27,28)16-11-15(20)5-4-14(16)2/h3-8,11-12,23H,9-10H2,1-2H3,(H,21,25)(H,22,24,26). The Morgan fingerprint density at radius 3 is 2.34 bits per heavy atom. The average Bonchev–Trinajstić information content (AvgIpc) is 2.70. The molecule has 10 heteroatoms. The molecule has 0 aliphatic heterocycles. The minimum atomic E-state index is -3.80. The quantitative estimate of drug-likeness (QED) is 0.485. The lowest BCUT2D eigenvalue weighted by molar-refractivity contribution is 0.578. The van der Waals surface area contributed by atoms with Crippen LogP contribution in [0.3, 0.4) is 0 Å². The lowest BCUT2D eigenvalue weighted by Crippen LogP contribution is -2.29. The van der Waals surface area contributed by atoms with Crippen LogP contribution >= 0.6 is 0 Å². The van der Waals surface area contributed by atoms with Crippen molar-refractivity contribution in [1.82, 2.24) is 19.9 Å². The number of sulfonamides is 1. The molecule has 0 saturated heterocycles. The Morgan fingerprint density at radius 1 is 0.931 bits per heavy atom. The van der Waals surface area contributed by atoms with Crippen molar-refractivity contribution in [3.05, 3.63) is 65.6 Å². The van der Waals surface area contributed by atoms with E-state index < -0.39 is 15.8 Å². The predicted octanol–water partition coefficient (Wildman–Crippen LogP) is 2.76. The normalized spacial score (nSPS) is 11.3. The fourth-order valence-electron chi connectivity index (χ4n) is 2.48. The van der Waals surface area contributed by atoms with Crippen LogP contribution in [0.1, 0.15) is 11.1 Å². The largest absolute Gasteiger partial charge is 0.367 e. The van der Waals surface area contributed by atoms with Crippen LogP contribution in [0.5, 0.6) is 0 Å². The smallest absolute Gasteiger partial charge is 0.240 e. The molecule has 0 atom stereocenters. The van der Waals surface area contributed by atoms with E-state index in [-0.39, 0.29) is 18.0 Å². The zero-order chi connectivity index (χ0) is 20.9. The maximum atomic E-state index is 13.3. The molecule has 0 saturated carbocycles. The Kier molecular flexibility index (Phi) is 6.35. The van der Waals surface area contributed by atoms with Gasteiger partial charge in [0.2, 0.25) is 10.0 Å². The van der Waals surface area contributed by atoms with Crippen LogP contribution < -0.4 is 15.4 Å². The average molecular weight is 416 g/mol.